The Balaban J connectivity index is 1.87. The Kier molecular flexibility index (Phi) is 6.32. The molecule has 0 aliphatic carbocycles. The zero-order valence-corrected chi connectivity index (χ0v) is 16.8. The molecule has 0 aliphatic rings. The van der Waals surface area contributed by atoms with Gasteiger partial charge in [-0.05, 0) is 31.5 Å². The summed E-state index contributed by atoms with van der Waals surface area (Å²) in [6.07, 6.45) is 0. The van der Waals surface area contributed by atoms with E-state index in [2.05, 4.69) is 46.4 Å². The Labute approximate surface area is 166 Å². The van der Waals surface area contributed by atoms with E-state index in [9.17, 15) is 0 Å². The first-order valence-electron chi connectivity index (χ1n) is 9.26. The van der Waals surface area contributed by atoms with Crippen molar-refractivity contribution in [1.29, 1.82) is 0 Å². The SMILES string of the molecule is CCN(Cc1ccccc1)c1cc(C)nc(Nc2ccc(OC)cc2OC)n1. The summed E-state index contributed by atoms with van der Waals surface area (Å²) in [5.41, 5.74) is 2.92. The van der Waals surface area contributed by atoms with Gasteiger partial charge in [-0.25, -0.2) is 4.98 Å². The van der Waals surface area contributed by atoms with Crippen LogP contribution >= 0.6 is 0 Å². The van der Waals surface area contributed by atoms with E-state index in [4.69, 9.17) is 14.5 Å². The lowest BCUT2D eigenvalue weighted by Crippen LogP contribution is -2.23. The molecule has 146 valence electrons. The third-order valence-electron chi connectivity index (χ3n) is 4.42. The van der Waals surface area contributed by atoms with Crippen molar-refractivity contribution >= 4 is 17.5 Å². The first kappa shape index (κ1) is 19.5. The number of anilines is 3. The highest BCUT2D eigenvalue weighted by molar-refractivity contribution is 5.65. The molecule has 0 saturated heterocycles. The lowest BCUT2D eigenvalue weighted by atomic mass is 10.2. The van der Waals surface area contributed by atoms with Gasteiger partial charge in [-0.2, -0.15) is 4.98 Å². The van der Waals surface area contributed by atoms with E-state index in [0.29, 0.717) is 11.7 Å². The van der Waals surface area contributed by atoms with E-state index in [1.165, 1.54) is 5.56 Å². The third kappa shape index (κ3) is 4.71. The lowest BCUT2D eigenvalue weighted by molar-refractivity contribution is 0.395. The highest BCUT2D eigenvalue weighted by Gasteiger charge is 2.12. The second-order valence-corrected chi connectivity index (χ2v) is 6.38. The highest BCUT2D eigenvalue weighted by atomic mass is 16.5. The van der Waals surface area contributed by atoms with E-state index in [0.717, 1.165) is 36.0 Å². The first-order valence-corrected chi connectivity index (χ1v) is 9.26. The Bertz CT molecular complexity index is 916. The van der Waals surface area contributed by atoms with Gasteiger partial charge in [0, 0.05) is 30.9 Å². The van der Waals surface area contributed by atoms with Crippen molar-refractivity contribution in [2.45, 2.75) is 20.4 Å². The second kappa shape index (κ2) is 9.08. The molecule has 28 heavy (non-hydrogen) atoms. The minimum absolute atomic E-state index is 0.532. The van der Waals surface area contributed by atoms with Crippen molar-refractivity contribution in [1.82, 2.24) is 9.97 Å². The van der Waals surface area contributed by atoms with E-state index < -0.39 is 0 Å². The molecule has 3 aromatic rings. The molecular weight excluding hydrogens is 352 g/mol. The van der Waals surface area contributed by atoms with Crippen LogP contribution in [0.4, 0.5) is 17.5 Å². The topological polar surface area (TPSA) is 59.5 Å². The molecule has 0 unspecified atom stereocenters. The summed E-state index contributed by atoms with van der Waals surface area (Å²) in [5.74, 6) is 2.81. The highest BCUT2D eigenvalue weighted by Crippen LogP contribution is 2.31. The Morgan fingerprint density at radius 2 is 1.75 bits per heavy atom. The summed E-state index contributed by atoms with van der Waals surface area (Å²) in [6, 6.07) is 18.0. The molecule has 3 rings (SSSR count). The quantitative estimate of drug-likeness (QED) is 0.619. The van der Waals surface area contributed by atoms with Crippen molar-refractivity contribution < 1.29 is 9.47 Å². The number of hydrogen-bond acceptors (Lipinski definition) is 6. The zero-order chi connectivity index (χ0) is 19.9. The van der Waals surface area contributed by atoms with Crippen LogP contribution in [0.3, 0.4) is 0 Å². The summed E-state index contributed by atoms with van der Waals surface area (Å²) < 4.78 is 10.7. The number of nitrogens with one attached hydrogen (secondary N) is 1. The molecule has 0 atom stereocenters. The van der Waals surface area contributed by atoms with Crippen molar-refractivity contribution in [3.8, 4) is 11.5 Å². The minimum atomic E-state index is 0.532. The summed E-state index contributed by atoms with van der Waals surface area (Å²) in [4.78, 5) is 11.5. The normalized spacial score (nSPS) is 10.4. The molecule has 6 heteroatoms. The largest absolute Gasteiger partial charge is 0.497 e. The number of benzene rings is 2. The molecule has 1 N–H and O–H groups in total. The number of aryl methyl sites for hydroxylation is 1. The number of nitrogens with zero attached hydrogens (tertiary/aromatic N) is 3. The van der Waals surface area contributed by atoms with Crippen LogP contribution in [0.2, 0.25) is 0 Å². The Morgan fingerprint density at radius 1 is 0.964 bits per heavy atom. The fraction of sp³-hybridized carbons (Fsp3) is 0.273. The Hall–Kier alpha value is -3.28. The van der Waals surface area contributed by atoms with E-state index in [1.807, 2.05) is 37.3 Å². The van der Waals surface area contributed by atoms with Gasteiger partial charge in [0.15, 0.2) is 0 Å². The number of rotatable bonds is 8. The smallest absolute Gasteiger partial charge is 0.229 e. The van der Waals surface area contributed by atoms with Gasteiger partial charge in [0.25, 0.3) is 0 Å². The van der Waals surface area contributed by atoms with Crippen molar-refractivity contribution in [2.24, 2.45) is 0 Å². The molecule has 0 aliphatic heterocycles. The standard InChI is InChI=1S/C22H26N4O2/c1-5-26(15-17-9-7-6-8-10-17)21-13-16(2)23-22(25-21)24-19-12-11-18(27-3)14-20(19)28-4/h6-14H,5,15H2,1-4H3,(H,23,24,25). The summed E-state index contributed by atoms with van der Waals surface area (Å²) >= 11 is 0. The van der Waals surface area contributed by atoms with Gasteiger partial charge in [-0.1, -0.05) is 30.3 Å². The molecule has 0 amide bonds. The predicted octanol–water partition coefficient (Wildman–Crippen LogP) is 4.57. The molecule has 0 fully saturated rings. The molecule has 0 radical (unpaired) electrons. The summed E-state index contributed by atoms with van der Waals surface area (Å²) in [5, 5.41) is 3.27. The first-order chi connectivity index (χ1) is 13.6. The van der Waals surface area contributed by atoms with Gasteiger partial charge in [0.2, 0.25) is 5.95 Å². The number of ether oxygens (including phenoxy) is 2. The van der Waals surface area contributed by atoms with Crippen molar-refractivity contribution in [3.63, 3.8) is 0 Å². The van der Waals surface area contributed by atoms with Gasteiger partial charge >= 0.3 is 0 Å². The van der Waals surface area contributed by atoms with Crippen LogP contribution < -0.4 is 19.7 Å². The maximum absolute atomic E-state index is 5.46. The van der Waals surface area contributed by atoms with Gasteiger partial charge < -0.3 is 19.7 Å². The van der Waals surface area contributed by atoms with E-state index in [-0.39, 0.29) is 0 Å². The van der Waals surface area contributed by atoms with Gasteiger partial charge in [0.05, 0.1) is 19.9 Å². The number of methoxy groups -OCH3 is 2. The Morgan fingerprint density at radius 3 is 2.43 bits per heavy atom. The fourth-order valence-electron chi connectivity index (χ4n) is 2.95. The van der Waals surface area contributed by atoms with Gasteiger partial charge in [0.1, 0.15) is 17.3 Å². The molecule has 0 spiro atoms. The summed E-state index contributed by atoms with van der Waals surface area (Å²) in [6.45, 7) is 5.73. The average molecular weight is 378 g/mol. The fourth-order valence-corrected chi connectivity index (χ4v) is 2.95. The van der Waals surface area contributed by atoms with Crippen LogP contribution in [-0.2, 0) is 6.54 Å². The second-order valence-electron chi connectivity index (χ2n) is 6.38. The minimum Gasteiger partial charge on any atom is -0.497 e. The monoisotopic (exact) mass is 378 g/mol. The van der Waals surface area contributed by atoms with Crippen molar-refractivity contribution in [3.05, 3.63) is 65.9 Å². The van der Waals surface area contributed by atoms with Gasteiger partial charge in [-0.15, -0.1) is 0 Å². The van der Waals surface area contributed by atoms with Crippen LogP contribution in [0.25, 0.3) is 0 Å². The summed E-state index contributed by atoms with van der Waals surface area (Å²) in [7, 11) is 3.26. The maximum atomic E-state index is 5.46. The lowest BCUT2D eigenvalue weighted by Gasteiger charge is -2.23. The number of aromatic nitrogens is 2. The van der Waals surface area contributed by atoms with Crippen LogP contribution in [0.15, 0.2) is 54.6 Å². The molecule has 0 saturated carbocycles. The molecule has 2 aromatic carbocycles. The third-order valence-corrected chi connectivity index (χ3v) is 4.42. The van der Waals surface area contributed by atoms with E-state index >= 15 is 0 Å². The average Bonchev–Trinajstić information content (AvgIpc) is 2.72. The maximum Gasteiger partial charge on any atom is 0.229 e. The van der Waals surface area contributed by atoms with Crippen LogP contribution in [0.5, 0.6) is 11.5 Å². The van der Waals surface area contributed by atoms with Crippen molar-refractivity contribution in [2.75, 3.05) is 31.0 Å². The predicted molar refractivity (Wildman–Crippen MR) is 113 cm³/mol. The molecule has 1 aromatic heterocycles. The molecule has 6 nitrogen and oxygen atoms in total. The molecule has 0 bridgehead atoms. The molecule has 1 heterocycles. The zero-order valence-electron chi connectivity index (χ0n) is 16.8. The van der Waals surface area contributed by atoms with Crippen LogP contribution in [-0.4, -0.2) is 30.7 Å². The van der Waals surface area contributed by atoms with E-state index in [1.54, 1.807) is 14.2 Å². The van der Waals surface area contributed by atoms with Gasteiger partial charge in [-0.3, -0.25) is 0 Å². The number of hydrogen-bond donors (Lipinski definition) is 1. The van der Waals surface area contributed by atoms with Crippen LogP contribution in [0.1, 0.15) is 18.2 Å². The van der Waals surface area contributed by atoms with Crippen LogP contribution in [0, 0.1) is 6.92 Å². The molecular formula is C22H26N4O2.